The van der Waals surface area contributed by atoms with Gasteiger partial charge in [-0.2, -0.15) is 0 Å². The summed E-state index contributed by atoms with van der Waals surface area (Å²) < 4.78 is 44.5. The second kappa shape index (κ2) is 7.68. The largest absolute Gasteiger partial charge is 0.454 e. The number of carbonyl (C=O) groups excluding carboxylic acids is 1. The summed E-state index contributed by atoms with van der Waals surface area (Å²) in [5, 5.41) is 0. The van der Waals surface area contributed by atoms with Gasteiger partial charge in [-0.05, 0) is 12.1 Å². The van der Waals surface area contributed by atoms with Gasteiger partial charge in [0.25, 0.3) is 6.43 Å². The van der Waals surface area contributed by atoms with E-state index in [1.165, 1.54) is 30.9 Å². The van der Waals surface area contributed by atoms with Crippen molar-refractivity contribution < 1.29 is 22.7 Å². The normalized spacial score (nSPS) is 10.8. The Morgan fingerprint density at radius 1 is 1.08 bits per heavy atom. The van der Waals surface area contributed by atoms with Gasteiger partial charge in [0, 0.05) is 17.8 Å². The van der Waals surface area contributed by atoms with Crippen LogP contribution in [0.15, 0.2) is 49.2 Å². The van der Waals surface area contributed by atoms with Crippen molar-refractivity contribution in [1.29, 1.82) is 0 Å². The fourth-order valence-corrected chi connectivity index (χ4v) is 2.08. The quantitative estimate of drug-likeness (QED) is 0.626. The number of hydrogen-bond acceptors (Lipinski definition) is 6. The molecule has 3 aromatic rings. The van der Waals surface area contributed by atoms with Crippen molar-refractivity contribution in [3.8, 4) is 11.5 Å². The molecule has 132 valence electrons. The molecule has 0 aliphatic carbocycles. The van der Waals surface area contributed by atoms with Crippen LogP contribution in [0.2, 0.25) is 0 Å². The van der Waals surface area contributed by atoms with Crippen LogP contribution in [0.5, 0.6) is 11.5 Å². The minimum Gasteiger partial charge on any atom is -0.454 e. The lowest BCUT2D eigenvalue weighted by molar-refractivity contribution is 0.0984. The molecule has 0 radical (unpaired) electrons. The first kappa shape index (κ1) is 17.5. The van der Waals surface area contributed by atoms with Gasteiger partial charge in [0.05, 0.1) is 25.0 Å². The molecule has 0 bridgehead atoms. The van der Waals surface area contributed by atoms with E-state index >= 15 is 0 Å². The highest BCUT2D eigenvalue weighted by Gasteiger charge is 2.18. The predicted octanol–water partition coefficient (Wildman–Crippen LogP) is 3.56. The van der Waals surface area contributed by atoms with Crippen molar-refractivity contribution in [1.82, 2.24) is 19.9 Å². The first-order valence-electron chi connectivity index (χ1n) is 7.38. The lowest BCUT2D eigenvalue weighted by Crippen LogP contribution is -2.09. The summed E-state index contributed by atoms with van der Waals surface area (Å²) in [6.07, 6.45) is 1.85. The molecule has 0 fully saturated rings. The first-order valence-corrected chi connectivity index (χ1v) is 7.38. The molecule has 3 rings (SSSR count). The summed E-state index contributed by atoms with van der Waals surface area (Å²) in [5.74, 6) is -0.876. The second-order valence-electron chi connectivity index (χ2n) is 5.16. The third-order valence-electron chi connectivity index (χ3n) is 3.23. The summed E-state index contributed by atoms with van der Waals surface area (Å²) >= 11 is 0. The molecule has 0 aromatic carbocycles. The molecule has 3 aromatic heterocycles. The number of pyridine rings is 2. The zero-order valence-electron chi connectivity index (χ0n) is 13.1. The molecule has 0 N–H and O–H groups in total. The Hall–Kier alpha value is -3.36. The average Bonchev–Trinajstić information content (AvgIpc) is 2.64. The third-order valence-corrected chi connectivity index (χ3v) is 3.23. The molecule has 0 saturated carbocycles. The topological polar surface area (TPSA) is 77.9 Å². The van der Waals surface area contributed by atoms with E-state index in [1.54, 1.807) is 0 Å². The highest BCUT2D eigenvalue weighted by Crippen LogP contribution is 2.26. The van der Waals surface area contributed by atoms with Crippen molar-refractivity contribution in [2.24, 2.45) is 0 Å². The SMILES string of the molecule is O=C(Cc1ccc(F)cn1)c1cc(Oc2cncnc2)cc(C(F)F)n1. The molecule has 0 aliphatic rings. The zero-order valence-corrected chi connectivity index (χ0v) is 13.1. The Balaban J connectivity index is 1.87. The summed E-state index contributed by atoms with van der Waals surface area (Å²) in [5.41, 5.74) is -0.518. The first-order chi connectivity index (χ1) is 12.5. The summed E-state index contributed by atoms with van der Waals surface area (Å²) in [6.45, 7) is 0. The molecule has 26 heavy (non-hydrogen) atoms. The maximum atomic E-state index is 13.1. The van der Waals surface area contributed by atoms with Gasteiger partial charge < -0.3 is 4.74 Å². The van der Waals surface area contributed by atoms with Gasteiger partial charge in [0.1, 0.15) is 29.3 Å². The maximum absolute atomic E-state index is 13.1. The molecular formula is C17H11F3N4O2. The smallest absolute Gasteiger partial charge is 0.280 e. The Morgan fingerprint density at radius 3 is 2.50 bits per heavy atom. The Kier molecular flexibility index (Phi) is 5.16. The van der Waals surface area contributed by atoms with Crippen molar-refractivity contribution >= 4 is 5.78 Å². The van der Waals surface area contributed by atoms with Crippen LogP contribution < -0.4 is 4.74 Å². The number of aromatic nitrogens is 4. The van der Waals surface area contributed by atoms with E-state index in [4.69, 9.17) is 4.74 Å². The summed E-state index contributed by atoms with van der Waals surface area (Å²) in [6, 6.07) is 4.76. The van der Waals surface area contributed by atoms with Gasteiger partial charge in [-0.25, -0.2) is 28.1 Å². The molecule has 0 spiro atoms. The fraction of sp³-hybridized carbons (Fsp3) is 0.118. The number of Topliss-reactive ketones (excluding diaryl/α,β-unsaturated/α-hetero) is 1. The molecule has 0 unspecified atom stereocenters. The van der Waals surface area contributed by atoms with Crippen LogP contribution in [0.25, 0.3) is 0 Å². The number of alkyl halides is 2. The number of ether oxygens (including phenoxy) is 1. The van der Waals surface area contributed by atoms with Crippen LogP contribution in [-0.4, -0.2) is 25.7 Å². The minimum absolute atomic E-state index is 0.000477. The number of rotatable bonds is 6. The summed E-state index contributed by atoms with van der Waals surface area (Å²) in [4.78, 5) is 27.3. The lowest BCUT2D eigenvalue weighted by atomic mass is 10.1. The van der Waals surface area contributed by atoms with Crippen LogP contribution >= 0.6 is 0 Å². The van der Waals surface area contributed by atoms with Gasteiger partial charge in [-0.1, -0.05) is 0 Å². The summed E-state index contributed by atoms with van der Waals surface area (Å²) in [7, 11) is 0. The molecule has 0 aliphatic heterocycles. The van der Waals surface area contributed by atoms with E-state index < -0.39 is 23.7 Å². The van der Waals surface area contributed by atoms with E-state index in [9.17, 15) is 18.0 Å². The Morgan fingerprint density at radius 2 is 1.85 bits per heavy atom. The predicted molar refractivity (Wildman–Crippen MR) is 83.5 cm³/mol. The maximum Gasteiger partial charge on any atom is 0.280 e. The van der Waals surface area contributed by atoms with Crippen LogP contribution in [0, 0.1) is 5.82 Å². The van der Waals surface area contributed by atoms with Crippen LogP contribution in [-0.2, 0) is 6.42 Å². The third kappa shape index (κ3) is 4.38. The molecule has 3 heterocycles. The van der Waals surface area contributed by atoms with Crippen LogP contribution in [0.4, 0.5) is 13.2 Å². The Bertz CT molecular complexity index is 906. The molecule has 6 nitrogen and oxygen atoms in total. The van der Waals surface area contributed by atoms with E-state index in [-0.39, 0.29) is 23.6 Å². The van der Waals surface area contributed by atoms with Crippen LogP contribution in [0.1, 0.15) is 28.3 Å². The van der Waals surface area contributed by atoms with E-state index in [2.05, 4.69) is 19.9 Å². The highest BCUT2D eigenvalue weighted by molar-refractivity contribution is 5.95. The van der Waals surface area contributed by atoms with E-state index in [0.717, 1.165) is 18.3 Å². The number of hydrogen-bond donors (Lipinski definition) is 0. The molecular weight excluding hydrogens is 349 g/mol. The fourth-order valence-electron chi connectivity index (χ4n) is 2.08. The van der Waals surface area contributed by atoms with Gasteiger partial charge in [0.2, 0.25) is 0 Å². The number of halogens is 3. The van der Waals surface area contributed by atoms with Crippen molar-refractivity contribution in [2.75, 3.05) is 0 Å². The minimum atomic E-state index is -2.89. The van der Waals surface area contributed by atoms with E-state index in [1.807, 2.05) is 0 Å². The van der Waals surface area contributed by atoms with Gasteiger partial charge in [-0.15, -0.1) is 0 Å². The van der Waals surface area contributed by atoms with E-state index in [0.29, 0.717) is 5.69 Å². The van der Waals surface area contributed by atoms with Crippen molar-refractivity contribution in [3.63, 3.8) is 0 Å². The molecule has 9 heteroatoms. The lowest BCUT2D eigenvalue weighted by Gasteiger charge is -2.09. The number of carbonyl (C=O) groups is 1. The van der Waals surface area contributed by atoms with Crippen LogP contribution in [0.3, 0.4) is 0 Å². The standard InChI is InChI=1S/C17H11F3N4O2/c18-10-1-2-11(23-6-10)3-16(25)14-4-12(5-15(24-14)17(19)20)26-13-7-21-9-22-8-13/h1-2,4-9,17H,3H2. The number of ketones is 1. The Labute approximate surface area is 145 Å². The number of nitrogens with zero attached hydrogens (tertiary/aromatic N) is 4. The van der Waals surface area contributed by atoms with Crippen molar-refractivity contribution in [3.05, 3.63) is 72.1 Å². The zero-order chi connectivity index (χ0) is 18.5. The molecule has 0 atom stereocenters. The average molecular weight is 360 g/mol. The monoisotopic (exact) mass is 360 g/mol. The van der Waals surface area contributed by atoms with Gasteiger partial charge in [-0.3, -0.25) is 9.78 Å². The van der Waals surface area contributed by atoms with Gasteiger partial charge in [0.15, 0.2) is 11.5 Å². The molecule has 0 amide bonds. The molecule has 0 saturated heterocycles. The highest BCUT2D eigenvalue weighted by atomic mass is 19.3. The van der Waals surface area contributed by atoms with Gasteiger partial charge >= 0.3 is 0 Å². The van der Waals surface area contributed by atoms with Crippen molar-refractivity contribution in [2.45, 2.75) is 12.8 Å². The second-order valence-corrected chi connectivity index (χ2v) is 5.16.